The highest BCUT2D eigenvalue weighted by molar-refractivity contribution is 6.37. The van der Waals surface area contributed by atoms with Gasteiger partial charge in [-0.3, -0.25) is 9.69 Å². The van der Waals surface area contributed by atoms with E-state index < -0.39 is 5.54 Å². The molecule has 0 atom stereocenters. The van der Waals surface area contributed by atoms with Gasteiger partial charge in [-0.05, 0) is 32.4 Å². The number of hydrogen-bond acceptors (Lipinski definition) is 5. The fraction of sp³-hybridized carbons (Fsp3) is 0.278. The van der Waals surface area contributed by atoms with Gasteiger partial charge in [-0.25, -0.2) is 0 Å². The van der Waals surface area contributed by atoms with E-state index in [0.29, 0.717) is 22.7 Å². The zero-order valence-electron chi connectivity index (χ0n) is 13.4. The van der Waals surface area contributed by atoms with Crippen LogP contribution in [0.5, 0.6) is 11.5 Å². The van der Waals surface area contributed by atoms with Crippen molar-refractivity contribution in [1.29, 1.82) is 10.5 Å². The molecule has 0 aromatic heterocycles. The Labute approximate surface area is 138 Å². The number of amides is 1. The summed E-state index contributed by atoms with van der Waals surface area (Å²) < 4.78 is 11.0. The van der Waals surface area contributed by atoms with Crippen LogP contribution in [0.3, 0.4) is 0 Å². The molecule has 0 bridgehead atoms. The fourth-order valence-corrected chi connectivity index (χ4v) is 3.71. The number of nitriles is 2. The molecule has 6 heteroatoms. The third-order valence-electron chi connectivity index (χ3n) is 4.57. The van der Waals surface area contributed by atoms with Crippen LogP contribution in [0.1, 0.15) is 31.9 Å². The molecule has 6 nitrogen and oxygen atoms in total. The molecular weight excluding hydrogens is 306 g/mol. The van der Waals surface area contributed by atoms with Gasteiger partial charge in [-0.15, -0.1) is 0 Å². The summed E-state index contributed by atoms with van der Waals surface area (Å²) in [4.78, 5) is 14.7. The lowest BCUT2D eigenvalue weighted by molar-refractivity contribution is -0.113. The zero-order chi connectivity index (χ0) is 17.2. The Hall–Kier alpha value is -3.25. The van der Waals surface area contributed by atoms with E-state index in [4.69, 9.17) is 9.47 Å². The fourth-order valence-electron chi connectivity index (χ4n) is 3.71. The van der Waals surface area contributed by atoms with Crippen LogP contribution in [0, 0.1) is 22.7 Å². The summed E-state index contributed by atoms with van der Waals surface area (Å²) in [6, 6.07) is 5.52. The molecule has 4 rings (SSSR count). The van der Waals surface area contributed by atoms with E-state index in [9.17, 15) is 15.3 Å². The van der Waals surface area contributed by atoms with E-state index in [1.54, 1.807) is 4.90 Å². The smallest absolute Gasteiger partial charge is 0.261 e. The summed E-state index contributed by atoms with van der Waals surface area (Å²) >= 11 is 0. The number of carbonyl (C=O) groups excluding carboxylic acids is 1. The third-order valence-corrected chi connectivity index (χ3v) is 4.57. The minimum absolute atomic E-state index is 0.0489. The molecule has 0 saturated carbocycles. The Morgan fingerprint density at radius 2 is 2.00 bits per heavy atom. The van der Waals surface area contributed by atoms with Crippen molar-refractivity contribution >= 4 is 22.7 Å². The van der Waals surface area contributed by atoms with Crippen molar-refractivity contribution in [3.05, 3.63) is 28.8 Å². The van der Waals surface area contributed by atoms with E-state index >= 15 is 0 Å². The van der Waals surface area contributed by atoms with Gasteiger partial charge in [0, 0.05) is 5.56 Å². The number of benzene rings is 1. The lowest BCUT2D eigenvalue weighted by atomic mass is 9.88. The van der Waals surface area contributed by atoms with Gasteiger partial charge in [-0.1, -0.05) is 6.08 Å². The van der Waals surface area contributed by atoms with Gasteiger partial charge < -0.3 is 9.47 Å². The third kappa shape index (κ3) is 1.55. The molecule has 118 valence electrons. The molecule has 3 aliphatic heterocycles. The van der Waals surface area contributed by atoms with Crippen LogP contribution < -0.4 is 14.4 Å². The lowest BCUT2D eigenvalue weighted by Gasteiger charge is -2.38. The monoisotopic (exact) mass is 319 g/mol. The number of ether oxygens (including phenoxy) is 2. The number of rotatable bonds is 0. The summed E-state index contributed by atoms with van der Waals surface area (Å²) in [6.07, 6.45) is 2.00. The Bertz CT molecular complexity index is 955. The lowest BCUT2D eigenvalue weighted by Crippen LogP contribution is -2.46. The van der Waals surface area contributed by atoms with Crippen molar-refractivity contribution in [1.82, 2.24) is 0 Å². The van der Waals surface area contributed by atoms with E-state index in [2.05, 4.69) is 0 Å². The van der Waals surface area contributed by atoms with Gasteiger partial charge >= 0.3 is 0 Å². The van der Waals surface area contributed by atoms with Crippen molar-refractivity contribution in [2.24, 2.45) is 0 Å². The van der Waals surface area contributed by atoms with Gasteiger partial charge in [0.1, 0.15) is 17.7 Å². The highest BCUT2D eigenvalue weighted by atomic mass is 16.7. The first-order valence-electron chi connectivity index (χ1n) is 7.46. The normalized spacial score (nSPS) is 18.7. The standard InChI is InChI=1S/C18H13N3O3/c1-9-5-18(2,3)21-15-11(9)4-12-16(24-8-23-12)14(15)13(17(21)22)10(6-19)7-20/h4-5H,8H2,1-3H3. The second-order valence-electron chi connectivity index (χ2n) is 6.48. The molecule has 24 heavy (non-hydrogen) atoms. The summed E-state index contributed by atoms with van der Waals surface area (Å²) in [5.74, 6) is 0.591. The molecule has 0 spiro atoms. The van der Waals surface area contributed by atoms with Gasteiger partial charge in [0.2, 0.25) is 6.79 Å². The molecule has 0 saturated heterocycles. The van der Waals surface area contributed by atoms with E-state index in [0.717, 1.165) is 11.1 Å². The van der Waals surface area contributed by atoms with Crippen LogP contribution in [0.15, 0.2) is 17.7 Å². The number of nitrogens with zero attached hydrogens (tertiary/aromatic N) is 3. The topological polar surface area (TPSA) is 86.4 Å². The van der Waals surface area contributed by atoms with Crippen LogP contribution in [-0.2, 0) is 4.79 Å². The number of carbonyl (C=O) groups is 1. The number of fused-ring (bicyclic) bond motifs is 2. The summed E-state index contributed by atoms with van der Waals surface area (Å²) in [7, 11) is 0. The number of anilines is 1. The van der Waals surface area contributed by atoms with Gasteiger partial charge in [0.15, 0.2) is 11.5 Å². The molecule has 1 amide bonds. The minimum Gasteiger partial charge on any atom is -0.454 e. The second-order valence-corrected chi connectivity index (χ2v) is 6.48. The number of hydrogen-bond donors (Lipinski definition) is 0. The van der Waals surface area contributed by atoms with E-state index in [-0.39, 0.29) is 23.8 Å². The minimum atomic E-state index is -0.575. The van der Waals surface area contributed by atoms with Crippen LogP contribution in [0.2, 0.25) is 0 Å². The van der Waals surface area contributed by atoms with Crippen molar-refractivity contribution in [3.8, 4) is 23.6 Å². The van der Waals surface area contributed by atoms with Crippen LogP contribution in [0.25, 0.3) is 11.1 Å². The average molecular weight is 319 g/mol. The van der Waals surface area contributed by atoms with Crippen LogP contribution >= 0.6 is 0 Å². The van der Waals surface area contributed by atoms with Crippen molar-refractivity contribution in [3.63, 3.8) is 0 Å². The Balaban J connectivity index is 2.19. The largest absolute Gasteiger partial charge is 0.454 e. The maximum atomic E-state index is 13.1. The SMILES string of the molecule is CC1=CC(C)(C)N2C(=O)C(=C(C#N)C#N)c3c4c(cc1c32)OCO4. The Morgan fingerprint density at radius 1 is 1.29 bits per heavy atom. The van der Waals surface area contributed by atoms with Gasteiger partial charge in [0.05, 0.1) is 22.4 Å². The maximum Gasteiger partial charge on any atom is 0.261 e. The molecule has 0 aliphatic carbocycles. The average Bonchev–Trinajstić information content (AvgIpc) is 3.09. The molecule has 3 heterocycles. The van der Waals surface area contributed by atoms with Crippen LogP contribution in [0.4, 0.5) is 5.69 Å². The first kappa shape index (κ1) is 14.3. The first-order valence-corrected chi connectivity index (χ1v) is 7.46. The highest BCUT2D eigenvalue weighted by Gasteiger charge is 2.48. The van der Waals surface area contributed by atoms with E-state index in [1.165, 1.54) is 0 Å². The van der Waals surface area contributed by atoms with Gasteiger partial charge in [0.25, 0.3) is 5.91 Å². The van der Waals surface area contributed by atoms with E-state index in [1.807, 2.05) is 45.1 Å². The Kier molecular flexibility index (Phi) is 2.63. The zero-order valence-corrected chi connectivity index (χ0v) is 13.4. The van der Waals surface area contributed by atoms with Crippen molar-refractivity contribution in [2.45, 2.75) is 26.3 Å². The van der Waals surface area contributed by atoms with Gasteiger partial charge in [-0.2, -0.15) is 10.5 Å². The molecule has 0 unspecified atom stereocenters. The van der Waals surface area contributed by atoms with Crippen LogP contribution in [-0.4, -0.2) is 18.2 Å². The molecule has 3 aliphatic rings. The second kappa shape index (κ2) is 4.39. The maximum absolute atomic E-state index is 13.1. The summed E-state index contributed by atoms with van der Waals surface area (Å²) in [5, 5.41) is 18.6. The quantitative estimate of drug-likeness (QED) is 0.542. The first-order chi connectivity index (χ1) is 11.4. The molecule has 1 aromatic rings. The molecule has 0 fully saturated rings. The predicted molar refractivity (Wildman–Crippen MR) is 85.9 cm³/mol. The summed E-state index contributed by atoms with van der Waals surface area (Å²) in [5.41, 5.74) is 2.34. The molecule has 0 N–H and O–H groups in total. The predicted octanol–water partition coefficient (Wildman–Crippen LogP) is 2.76. The highest BCUT2D eigenvalue weighted by Crippen LogP contribution is 2.56. The van der Waals surface area contributed by atoms with Crippen molar-refractivity contribution < 1.29 is 14.3 Å². The molecule has 1 aromatic carbocycles. The Morgan fingerprint density at radius 3 is 2.67 bits per heavy atom. The molecular formula is C18H13N3O3. The van der Waals surface area contributed by atoms with Crippen molar-refractivity contribution in [2.75, 3.05) is 11.7 Å². The molecule has 0 radical (unpaired) electrons. The summed E-state index contributed by atoms with van der Waals surface area (Å²) in [6.45, 7) is 5.87. The number of allylic oxidation sites excluding steroid dienone is 2.